The molecule has 23 heavy (non-hydrogen) atoms. The molecular formula is C18H25NO4. The number of amides is 1. The average Bonchev–Trinajstić information content (AvgIpc) is 3.06. The second-order valence-electron chi connectivity index (χ2n) is 6.97. The maximum atomic E-state index is 12.9. The van der Waals surface area contributed by atoms with Crippen LogP contribution in [0.1, 0.15) is 47.4 Å². The Morgan fingerprint density at radius 3 is 2.83 bits per heavy atom. The molecule has 3 aliphatic rings. The van der Waals surface area contributed by atoms with Gasteiger partial charge in [-0.2, -0.15) is 0 Å². The molecule has 1 amide bonds. The third kappa shape index (κ3) is 3.04. The van der Waals surface area contributed by atoms with Gasteiger partial charge < -0.3 is 18.8 Å². The quantitative estimate of drug-likeness (QED) is 0.841. The number of furan rings is 1. The SMILES string of the molecule is O=C(c1occ2c1CCOC2)N1CCCC(C2CCOCC2)C1. The molecule has 5 heteroatoms. The molecule has 1 aromatic heterocycles. The molecule has 4 heterocycles. The lowest BCUT2D eigenvalue weighted by Gasteiger charge is -2.38. The second kappa shape index (κ2) is 6.65. The molecule has 126 valence electrons. The highest BCUT2D eigenvalue weighted by Crippen LogP contribution is 2.32. The second-order valence-corrected chi connectivity index (χ2v) is 6.97. The molecule has 2 fully saturated rings. The van der Waals surface area contributed by atoms with Crippen LogP contribution in [-0.4, -0.2) is 43.7 Å². The summed E-state index contributed by atoms with van der Waals surface area (Å²) in [6.45, 7) is 4.72. The zero-order valence-electron chi connectivity index (χ0n) is 13.6. The van der Waals surface area contributed by atoms with Gasteiger partial charge in [0.15, 0.2) is 5.76 Å². The number of rotatable bonds is 2. The van der Waals surface area contributed by atoms with E-state index in [1.807, 2.05) is 4.90 Å². The standard InChI is InChI=1S/C18H25NO4/c20-18(17-16-5-9-22-11-15(16)12-23-17)19-6-1-2-14(10-19)13-3-7-21-8-4-13/h12-14H,1-11H2. The van der Waals surface area contributed by atoms with Crippen molar-refractivity contribution < 1.29 is 18.7 Å². The molecule has 0 aromatic carbocycles. The number of nitrogens with zero attached hydrogens (tertiary/aromatic N) is 1. The molecule has 0 saturated carbocycles. The fraction of sp³-hybridized carbons (Fsp3) is 0.722. The Bertz CT molecular complexity index is 561. The largest absolute Gasteiger partial charge is 0.458 e. The lowest BCUT2D eigenvalue weighted by Crippen LogP contribution is -2.43. The van der Waals surface area contributed by atoms with Crippen molar-refractivity contribution in [1.82, 2.24) is 4.90 Å². The fourth-order valence-corrected chi connectivity index (χ4v) is 4.26. The van der Waals surface area contributed by atoms with Crippen molar-refractivity contribution in [3.63, 3.8) is 0 Å². The van der Waals surface area contributed by atoms with Crippen LogP contribution in [0.3, 0.4) is 0 Å². The van der Waals surface area contributed by atoms with E-state index in [0.29, 0.717) is 30.8 Å². The summed E-state index contributed by atoms with van der Waals surface area (Å²) in [7, 11) is 0. The molecule has 4 rings (SSSR count). The van der Waals surface area contributed by atoms with E-state index in [-0.39, 0.29) is 5.91 Å². The average molecular weight is 319 g/mol. The minimum Gasteiger partial charge on any atom is -0.458 e. The van der Waals surface area contributed by atoms with Gasteiger partial charge in [0.25, 0.3) is 5.91 Å². The third-order valence-corrected chi connectivity index (χ3v) is 5.61. The maximum Gasteiger partial charge on any atom is 0.289 e. The Balaban J connectivity index is 1.46. The molecule has 3 aliphatic heterocycles. The lowest BCUT2D eigenvalue weighted by atomic mass is 9.81. The van der Waals surface area contributed by atoms with Gasteiger partial charge in [0.1, 0.15) is 0 Å². The molecule has 1 atom stereocenters. The van der Waals surface area contributed by atoms with Crippen LogP contribution < -0.4 is 0 Å². The smallest absolute Gasteiger partial charge is 0.289 e. The predicted molar refractivity (Wildman–Crippen MR) is 84.2 cm³/mol. The number of ether oxygens (including phenoxy) is 2. The summed E-state index contributed by atoms with van der Waals surface area (Å²) in [4.78, 5) is 14.9. The van der Waals surface area contributed by atoms with Gasteiger partial charge >= 0.3 is 0 Å². The normalized spacial score (nSPS) is 26.1. The molecule has 2 saturated heterocycles. The van der Waals surface area contributed by atoms with E-state index in [1.54, 1.807) is 6.26 Å². The third-order valence-electron chi connectivity index (χ3n) is 5.61. The van der Waals surface area contributed by atoms with Crippen molar-refractivity contribution >= 4 is 5.91 Å². The van der Waals surface area contributed by atoms with E-state index in [4.69, 9.17) is 13.9 Å². The fourth-order valence-electron chi connectivity index (χ4n) is 4.26. The van der Waals surface area contributed by atoms with E-state index >= 15 is 0 Å². The first kappa shape index (κ1) is 15.2. The van der Waals surface area contributed by atoms with E-state index in [0.717, 1.165) is 63.1 Å². The van der Waals surface area contributed by atoms with Crippen LogP contribution in [0.15, 0.2) is 10.7 Å². The summed E-state index contributed by atoms with van der Waals surface area (Å²) in [6, 6.07) is 0. The van der Waals surface area contributed by atoms with Crippen LogP contribution in [-0.2, 0) is 22.5 Å². The summed E-state index contributed by atoms with van der Waals surface area (Å²) >= 11 is 0. The number of piperidine rings is 1. The number of hydrogen-bond donors (Lipinski definition) is 0. The molecule has 0 N–H and O–H groups in total. The Kier molecular flexibility index (Phi) is 4.40. The Labute approximate surface area is 136 Å². The molecule has 0 spiro atoms. The number of hydrogen-bond acceptors (Lipinski definition) is 4. The number of carbonyl (C=O) groups excluding carboxylic acids is 1. The van der Waals surface area contributed by atoms with Crippen molar-refractivity contribution in [2.75, 3.05) is 32.9 Å². The molecule has 1 unspecified atom stereocenters. The lowest BCUT2D eigenvalue weighted by molar-refractivity contribution is 0.0243. The van der Waals surface area contributed by atoms with Gasteiger partial charge in [-0.1, -0.05) is 0 Å². The summed E-state index contributed by atoms with van der Waals surface area (Å²) in [5.74, 6) is 1.95. The van der Waals surface area contributed by atoms with Gasteiger partial charge in [-0.3, -0.25) is 4.79 Å². The number of fused-ring (bicyclic) bond motifs is 1. The predicted octanol–water partition coefficient (Wildman–Crippen LogP) is 2.63. The molecule has 5 nitrogen and oxygen atoms in total. The number of carbonyl (C=O) groups is 1. The van der Waals surface area contributed by atoms with Crippen LogP contribution in [0.4, 0.5) is 0 Å². The van der Waals surface area contributed by atoms with Crippen LogP contribution in [0.25, 0.3) is 0 Å². The molecular weight excluding hydrogens is 294 g/mol. The molecule has 0 radical (unpaired) electrons. The molecule has 1 aromatic rings. The highest BCUT2D eigenvalue weighted by molar-refractivity contribution is 5.93. The molecule has 0 aliphatic carbocycles. The maximum absolute atomic E-state index is 12.9. The Hall–Kier alpha value is -1.33. The molecule has 0 bridgehead atoms. The van der Waals surface area contributed by atoms with Gasteiger partial charge in [-0.25, -0.2) is 0 Å². The van der Waals surface area contributed by atoms with E-state index < -0.39 is 0 Å². The topological polar surface area (TPSA) is 51.9 Å². The van der Waals surface area contributed by atoms with Gasteiger partial charge in [-0.15, -0.1) is 0 Å². The monoisotopic (exact) mass is 319 g/mol. The van der Waals surface area contributed by atoms with Crippen LogP contribution in [0, 0.1) is 11.8 Å². The van der Waals surface area contributed by atoms with Gasteiger partial charge in [0.2, 0.25) is 0 Å². The van der Waals surface area contributed by atoms with E-state index in [1.165, 1.54) is 6.42 Å². The summed E-state index contributed by atoms with van der Waals surface area (Å²) in [5.41, 5.74) is 2.10. The van der Waals surface area contributed by atoms with E-state index in [9.17, 15) is 4.79 Å². The van der Waals surface area contributed by atoms with Crippen molar-refractivity contribution in [2.24, 2.45) is 11.8 Å². The summed E-state index contributed by atoms with van der Waals surface area (Å²) in [5, 5.41) is 0. The highest BCUT2D eigenvalue weighted by atomic mass is 16.5. The van der Waals surface area contributed by atoms with Gasteiger partial charge in [0.05, 0.1) is 19.5 Å². The van der Waals surface area contributed by atoms with Gasteiger partial charge in [-0.05, 0) is 37.5 Å². The van der Waals surface area contributed by atoms with Crippen LogP contribution in [0.5, 0.6) is 0 Å². The summed E-state index contributed by atoms with van der Waals surface area (Å²) in [6.07, 6.45) is 7.09. The Morgan fingerprint density at radius 2 is 1.96 bits per heavy atom. The van der Waals surface area contributed by atoms with Crippen LogP contribution >= 0.6 is 0 Å². The van der Waals surface area contributed by atoms with Crippen molar-refractivity contribution in [1.29, 1.82) is 0 Å². The minimum atomic E-state index is 0.0740. The first-order valence-electron chi connectivity index (χ1n) is 8.87. The summed E-state index contributed by atoms with van der Waals surface area (Å²) < 4.78 is 16.5. The minimum absolute atomic E-state index is 0.0740. The van der Waals surface area contributed by atoms with Crippen molar-refractivity contribution in [3.8, 4) is 0 Å². The van der Waals surface area contributed by atoms with Crippen molar-refractivity contribution in [2.45, 2.75) is 38.7 Å². The first-order valence-corrected chi connectivity index (χ1v) is 8.87. The Morgan fingerprint density at radius 1 is 1.09 bits per heavy atom. The first-order chi connectivity index (χ1) is 11.3. The zero-order valence-corrected chi connectivity index (χ0v) is 13.6. The highest BCUT2D eigenvalue weighted by Gasteiger charge is 2.33. The number of likely N-dealkylation sites (tertiary alicyclic amines) is 1. The zero-order chi connectivity index (χ0) is 15.6. The van der Waals surface area contributed by atoms with Gasteiger partial charge in [0, 0.05) is 43.9 Å². The van der Waals surface area contributed by atoms with E-state index in [2.05, 4.69) is 0 Å². The van der Waals surface area contributed by atoms with Crippen molar-refractivity contribution in [3.05, 3.63) is 23.2 Å². The van der Waals surface area contributed by atoms with Crippen LogP contribution in [0.2, 0.25) is 0 Å².